The lowest BCUT2D eigenvalue weighted by atomic mass is 10.3. The molecule has 2 N–H and O–H groups in total. The number of aromatic nitrogens is 1. The molecule has 0 aliphatic carbocycles. The van der Waals surface area contributed by atoms with Crippen LogP contribution in [-0.2, 0) is 0 Å². The number of rotatable bonds is 1. The number of pyridine rings is 1. The number of hydrogen-bond donors (Lipinski definition) is 1. The smallest absolute Gasteiger partial charge is 0.363 e. The average molecular weight is 331 g/mol. The maximum absolute atomic E-state index is 9.94. The minimum absolute atomic E-state index is 0.113. The largest absolute Gasteiger partial charge is 0.398 e. The molecule has 2 aromatic rings. The van der Waals surface area contributed by atoms with E-state index in [-0.39, 0.29) is 5.82 Å². The molecule has 5 nitrogen and oxygen atoms in total. The van der Waals surface area contributed by atoms with Crippen LogP contribution >= 0.6 is 27.5 Å². The fourth-order valence-electron chi connectivity index (χ4n) is 0.963. The summed E-state index contributed by atoms with van der Waals surface area (Å²) in [5.74, 6) is -0.113. The van der Waals surface area contributed by atoms with Gasteiger partial charge in [-0.1, -0.05) is 33.6 Å². The summed E-state index contributed by atoms with van der Waals surface area (Å²) in [5, 5.41) is 10.5. The van der Waals surface area contributed by atoms with Gasteiger partial charge in [0.25, 0.3) is 0 Å². The fourth-order valence-corrected chi connectivity index (χ4v) is 1.64. The number of nitrogens with zero attached hydrogens (tertiary/aromatic N) is 2. The molecule has 0 bridgehead atoms. The van der Waals surface area contributed by atoms with E-state index in [0.29, 0.717) is 10.7 Å². The summed E-state index contributed by atoms with van der Waals surface area (Å²) in [6.07, 6.45) is 1.39. The molecule has 1 aromatic carbocycles. The van der Waals surface area contributed by atoms with Crippen molar-refractivity contribution in [3.63, 3.8) is 0 Å². The van der Waals surface area contributed by atoms with E-state index < -0.39 is 4.92 Å². The molecule has 0 spiro atoms. The van der Waals surface area contributed by atoms with E-state index in [4.69, 9.17) is 17.3 Å². The molecule has 94 valence electrons. The molecule has 0 atom stereocenters. The molecule has 1 aromatic heterocycles. The van der Waals surface area contributed by atoms with E-state index in [1.807, 2.05) is 6.07 Å². The Bertz CT molecular complexity index is 537. The molecular weight excluding hydrogens is 321 g/mol. The fraction of sp³-hybridized carbons (Fsp3) is 0. The van der Waals surface area contributed by atoms with Gasteiger partial charge in [0.2, 0.25) is 0 Å². The lowest BCUT2D eigenvalue weighted by Crippen LogP contribution is -1.88. The molecule has 0 radical (unpaired) electrons. The molecule has 0 amide bonds. The van der Waals surface area contributed by atoms with Crippen LogP contribution in [0.3, 0.4) is 0 Å². The van der Waals surface area contributed by atoms with Gasteiger partial charge in [-0.15, -0.1) is 0 Å². The normalized spacial score (nSPS) is 9.22. The zero-order valence-corrected chi connectivity index (χ0v) is 11.4. The Labute approximate surface area is 117 Å². The summed E-state index contributed by atoms with van der Waals surface area (Å²) in [5.41, 5.74) is 6.05. The van der Waals surface area contributed by atoms with E-state index in [9.17, 15) is 10.1 Å². The van der Waals surface area contributed by atoms with Crippen molar-refractivity contribution in [2.24, 2.45) is 0 Å². The summed E-state index contributed by atoms with van der Waals surface area (Å²) in [4.78, 5) is 12.9. The van der Waals surface area contributed by atoms with Crippen molar-refractivity contribution in [1.29, 1.82) is 0 Å². The Hall–Kier alpha value is -1.66. The van der Waals surface area contributed by atoms with Crippen LogP contribution in [0.25, 0.3) is 0 Å². The molecule has 18 heavy (non-hydrogen) atoms. The Morgan fingerprint density at radius 2 is 2.06 bits per heavy atom. The van der Waals surface area contributed by atoms with Crippen LogP contribution in [0, 0.1) is 10.1 Å². The predicted molar refractivity (Wildman–Crippen MR) is 74.5 cm³/mol. The van der Waals surface area contributed by atoms with Crippen molar-refractivity contribution in [3.05, 3.63) is 62.2 Å². The number of halogens is 2. The van der Waals surface area contributed by atoms with Crippen molar-refractivity contribution in [1.82, 2.24) is 4.98 Å². The molecule has 0 aliphatic heterocycles. The number of anilines is 1. The Morgan fingerprint density at radius 3 is 2.44 bits per heavy atom. The Kier molecular flexibility index (Phi) is 5.54. The third-order valence-electron chi connectivity index (χ3n) is 1.80. The summed E-state index contributed by atoms with van der Waals surface area (Å²) in [6.45, 7) is 0. The average Bonchev–Trinajstić information content (AvgIpc) is 2.36. The van der Waals surface area contributed by atoms with Crippen LogP contribution in [0.15, 0.2) is 47.1 Å². The van der Waals surface area contributed by atoms with Crippen LogP contribution in [0.1, 0.15) is 0 Å². The van der Waals surface area contributed by atoms with Crippen LogP contribution in [0.5, 0.6) is 0 Å². The van der Waals surface area contributed by atoms with E-state index in [1.165, 1.54) is 12.3 Å². The maximum Gasteiger partial charge on any atom is 0.363 e. The zero-order valence-electron chi connectivity index (χ0n) is 9.09. The second kappa shape index (κ2) is 6.93. The lowest BCUT2D eigenvalue weighted by Gasteiger charge is -1.95. The first kappa shape index (κ1) is 14.4. The molecule has 0 saturated heterocycles. The van der Waals surface area contributed by atoms with Crippen LogP contribution < -0.4 is 5.73 Å². The summed E-state index contributed by atoms with van der Waals surface area (Å²) >= 11 is 8.92. The van der Waals surface area contributed by atoms with Gasteiger partial charge in [0.1, 0.15) is 6.20 Å². The second-order valence-corrected chi connectivity index (χ2v) is 4.43. The minimum Gasteiger partial charge on any atom is -0.398 e. The first-order valence-electron chi connectivity index (χ1n) is 4.76. The van der Waals surface area contributed by atoms with E-state index in [1.54, 1.807) is 24.3 Å². The SMILES string of the molecule is Nc1ccc(Br)cc1Cl.O=[N+]([O-])c1ccccn1. The summed E-state index contributed by atoms with van der Waals surface area (Å²) in [6, 6.07) is 9.92. The Balaban J connectivity index is 0.000000180. The predicted octanol–water partition coefficient (Wildman–Crippen LogP) is 3.67. The van der Waals surface area contributed by atoms with Crippen LogP contribution in [-0.4, -0.2) is 9.91 Å². The maximum atomic E-state index is 9.94. The van der Waals surface area contributed by atoms with E-state index in [0.717, 1.165) is 4.47 Å². The quantitative estimate of drug-likeness (QED) is 0.491. The topological polar surface area (TPSA) is 82.0 Å². The highest BCUT2D eigenvalue weighted by Crippen LogP contribution is 2.22. The third kappa shape index (κ3) is 4.68. The van der Waals surface area contributed by atoms with Gasteiger partial charge in [0, 0.05) is 10.5 Å². The monoisotopic (exact) mass is 329 g/mol. The lowest BCUT2D eigenvalue weighted by molar-refractivity contribution is -0.389. The summed E-state index contributed by atoms with van der Waals surface area (Å²) < 4.78 is 0.946. The highest BCUT2D eigenvalue weighted by atomic mass is 79.9. The van der Waals surface area contributed by atoms with Gasteiger partial charge in [-0.25, -0.2) is 0 Å². The zero-order chi connectivity index (χ0) is 13.5. The molecule has 2 rings (SSSR count). The van der Waals surface area contributed by atoms with Gasteiger partial charge in [-0.05, 0) is 34.2 Å². The molecule has 0 saturated carbocycles. The number of nitrogens with two attached hydrogens (primary N) is 1. The molecule has 0 aliphatic rings. The minimum atomic E-state index is -0.528. The van der Waals surface area contributed by atoms with Crippen LogP contribution in [0.2, 0.25) is 5.02 Å². The van der Waals surface area contributed by atoms with Crippen molar-refractivity contribution in [2.75, 3.05) is 5.73 Å². The van der Waals surface area contributed by atoms with E-state index in [2.05, 4.69) is 20.9 Å². The highest BCUT2D eigenvalue weighted by molar-refractivity contribution is 9.10. The van der Waals surface area contributed by atoms with Gasteiger partial charge in [-0.3, -0.25) is 0 Å². The van der Waals surface area contributed by atoms with Crippen molar-refractivity contribution in [3.8, 4) is 0 Å². The number of nitro groups is 1. The van der Waals surface area contributed by atoms with Gasteiger partial charge in [0.05, 0.1) is 10.7 Å². The number of nitrogen functional groups attached to an aromatic ring is 1. The molecule has 1 heterocycles. The van der Waals surface area contributed by atoms with Crippen molar-refractivity contribution >= 4 is 39.0 Å². The van der Waals surface area contributed by atoms with Crippen molar-refractivity contribution in [2.45, 2.75) is 0 Å². The third-order valence-corrected chi connectivity index (χ3v) is 2.62. The number of benzene rings is 1. The first-order valence-corrected chi connectivity index (χ1v) is 5.93. The van der Waals surface area contributed by atoms with E-state index >= 15 is 0 Å². The molecular formula is C11H9BrClN3O2. The number of hydrogen-bond acceptors (Lipinski definition) is 4. The molecule has 7 heteroatoms. The standard InChI is InChI=1S/C6H5BrClN.C5H4N2O2/c7-4-1-2-6(9)5(8)3-4;8-7(9)5-3-1-2-4-6-5/h1-3H,9H2;1-4H. The van der Waals surface area contributed by atoms with Gasteiger partial charge >= 0.3 is 5.82 Å². The van der Waals surface area contributed by atoms with Gasteiger partial charge < -0.3 is 15.8 Å². The summed E-state index contributed by atoms with van der Waals surface area (Å²) in [7, 11) is 0. The highest BCUT2D eigenvalue weighted by Gasteiger charge is 2.00. The second-order valence-electron chi connectivity index (χ2n) is 3.11. The van der Waals surface area contributed by atoms with Crippen LogP contribution in [0.4, 0.5) is 11.5 Å². The van der Waals surface area contributed by atoms with Gasteiger partial charge in [-0.2, -0.15) is 0 Å². The molecule has 0 fully saturated rings. The first-order chi connectivity index (χ1) is 8.50. The molecule has 0 unspecified atom stereocenters. The van der Waals surface area contributed by atoms with Crippen molar-refractivity contribution < 1.29 is 4.92 Å². The van der Waals surface area contributed by atoms with Gasteiger partial charge in [0.15, 0.2) is 0 Å². The Morgan fingerprint density at radius 1 is 1.33 bits per heavy atom.